The molecule has 178 valence electrons. The van der Waals surface area contributed by atoms with Crippen LogP contribution in [0.4, 0.5) is 0 Å². The number of nitrogens with zero attached hydrogens (tertiary/aromatic N) is 1. The van der Waals surface area contributed by atoms with E-state index in [0.717, 1.165) is 17.8 Å². The van der Waals surface area contributed by atoms with Crippen LogP contribution in [0.15, 0.2) is 17.5 Å². The first-order valence-corrected chi connectivity index (χ1v) is 13.7. The Kier molecular flexibility index (Phi) is 9.00. The van der Waals surface area contributed by atoms with E-state index < -0.39 is 6.04 Å². The Hall–Kier alpha value is -1.44. The summed E-state index contributed by atoms with van der Waals surface area (Å²) in [5.74, 6) is 0.717. The molecule has 3 N–H and O–H groups in total. The third kappa shape index (κ3) is 6.55. The second-order valence-corrected chi connectivity index (χ2v) is 10.9. The summed E-state index contributed by atoms with van der Waals surface area (Å²) in [5, 5.41) is 12.2. The van der Waals surface area contributed by atoms with E-state index in [-0.39, 0.29) is 17.9 Å². The van der Waals surface area contributed by atoms with Gasteiger partial charge in [-0.3, -0.25) is 9.59 Å². The van der Waals surface area contributed by atoms with E-state index in [0.29, 0.717) is 31.6 Å². The molecule has 0 unspecified atom stereocenters. The minimum Gasteiger partial charge on any atom is -0.349 e. The number of carbonyl (C=O) groups is 2. The number of thiophene rings is 1. The SMILES string of the molecule is O=C(NCc1cccs1)[C@@H]1CNCCN1C(=O)[C@@H](CC1CCCCC1)NC1CCCCC1. The minimum absolute atomic E-state index is 0.0481. The topological polar surface area (TPSA) is 73.5 Å². The zero-order chi connectivity index (χ0) is 22.2. The first kappa shape index (κ1) is 23.7. The van der Waals surface area contributed by atoms with Gasteiger partial charge in [-0.2, -0.15) is 0 Å². The number of hydrogen-bond acceptors (Lipinski definition) is 5. The van der Waals surface area contributed by atoms with Crippen molar-refractivity contribution in [3.8, 4) is 0 Å². The summed E-state index contributed by atoms with van der Waals surface area (Å²) in [5.41, 5.74) is 0. The molecule has 0 aromatic carbocycles. The molecule has 6 nitrogen and oxygen atoms in total. The molecule has 3 aliphatic rings. The number of rotatable bonds is 8. The van der Waals surface area contributed by atoms with Gasteiger partial charge >= 0.3 is 0 Å². The third-order valence-electron chi connectivity index (χ3n) is 7.48. The fraction of sp³-hybridized carbons (Fsp3) is 0.760. The molecule has 1 aromatic heterocycles. The largest absolute Gasteiger partial charge is 0.349 e. The second kappa shape index (κ2) is 12.1. The lowest BCUT2D eigenvalue weighted by atomic mass is 9.83. The van der Waals surface area contributed by atoms with Gasteiger partial charge in [-0.15, -0.1) is 11.3 Å². The molecular formula is C25H40N4O2S. The van der Waals surface area contributed by atoms with Gasteiger partial charge in [0.15, 0.2) is 0 Å². The maximum Gasteiger partial charge on any atom is 0.244 e. The molecule has 2 saturated carbocycles. The first-order chi connectivity index (χ1) is 15.7. The number of hydrogen-bond donors (Lipinski definition) is 3. The highest BCUT2D eigenvalue weighted by Crippen LogP contribution is 2.29. The van der Waals surface area contributed by atoms with Crippen LogP contribution in [0.3, 0.4) is 0 Å². The smallest absolute Gasteiger partial charge is 0.244 e. The van der Waals surface area contributed by atoms with Gasteiger partial charge in [0, 0.05) is 30.6 Å². The molecule has 3 fully saturated rings. The summed E-state index contributed by atoms with van der Waals surface area (Å²) >= 11 is 1.64. The van der Waals surface area contributed by atoms with E-state index >= 15 is 0 Å². The number of carbonyl (C=O) groups excluding carboxylic acids is 2. The summed E-state index contributed by atoms with van der Waals surface area (Å²) in [4.78, 5) is 29.9. The van der Waals surface area contributed by atoms with Crippen LogP contribution in [-0.2, 0) is 16.1 Å². The van der Waals surface area contributed by atoms with Crippen LogP contribution < -0.4 is 16.0 Å². The maximum absolute atomic E-state index is 13.9. The molecular weight excluding hydrogens is 420 g/mol. The van der Waals surface area contributed by atoms with Crippen LogP contribution in [0, 0.1) is 5.92 Å². The Labute approximate surface area is 196 Å². The molecule has 2 aliphatic carbocycles. The highest BCUT2D eigenvalue weighted by atomic mass is 32.1. The van der Waals surface area contributed by atoms with E-state index in [4.69, 9.17) is 0 Å². The van der Waals surface area contributed by atoms with Gasteiger partial charge in [-0.05, 0) is 36.6 Å². The molecule has 0 radical (unpaired) electrons. The fourth-order valence-corrected chi connectivity index (χ4v) is 6.30. The monoisotopic (exact) mass is 460 g/mol. The average Bonchev–Trinajstić information content (AvgIpc) is 3.37. The molecule has 32 heavy (non-hydrogen) atoms. The van der Waals surface area contributed by atoms with Crippen molar-refractivity contribution in [1.82, 2.24) is 20.9 Å². The highest BCUT2D eigenvalue weighted by molar-refractivity contribution is 7.09. The molecule has 1 aromatic rings. The van der Waals surface area contributed by atoms with Gasteiger partial charge in [-0.1, -0.05) is 57.4 Å². The van der Waals surface area contributed by atoms with Gasteiger partial charge in [0.1, 0.15) is 6.04 Å². The quantitative estimate of drug-likeness (QED) is 0.556. The Morgan fingerprint density at radius 3 is 2.56 bits per heavy atom. The zero-order valence-electron chi connectivity index (χ0n) is 19.3. The maximum atomic E-state index is 13.9. The predicted molar refractivity (Wildman–Crippen MR) is 130 cm³/mol. The molecule has 7 heteroatoms. The van der Waals surface area contributed by atoms with Crippen molar-refractivity contribution in [2.75, 3.05) is 19.6 Å². The van der Waals surface area contributed by atoms with E-state index in [9.17, 15) is 9.59 Å². The number of amides is 2. The summed E-state index contributed by atoms with van der Waals surface area (Å²) in [7, 11) is 0. The Morgan fingerprint density at radius 2 is 1.84 bits per heavy atom. The molecule has 1 aliphatic heterocycles. The van der Waals surface area contributed by atoms with Gasteiger partial charge in [0.25, 0.3) is 0 Å². The molecule has 2 amide bonds. The minimum atomic E-state index is -0.432. The molecule has 1 saturated heterocycles. The fourth-order valence-electron chi connectivity index (χ4n) is 5.66. The van der Waals surface area contributed by atoms with Gasteiger partial charge in [0.2, 0.25) is 11.8 Å². The van der Waals surface area contributed by atoms with Gasteiger partial charge in [0.05, 0.1) is 12.6 Å². The number of piperazine rings is 1. The lowest BCUT2D eigenvalue weighted by Gasteiger charge is -2.39. The molecule has 2 atom stereocenters. The summed E-state index contributed by atoms with van der Waals surface area (Å²) in [6, 6.07) is 3.87. The summed E-state index contributed by atoms with van der Waals surface area (Å²) < 4.78 is 0. The van der Waals surface area contributed by atoms with Crippen LogP contribution in [0.5, 0.6) is 0 Å². The lowest BCUT2D eigenvalue weighted by molar-refractivity contribution is -0.143. The summed E-state index contributed by atoms with van der Waals surface area (Å²) in [6.07, 6.45) is 13.5. The third-order valence-corrected chi connectivity index (χ3v) is 8.36. The van der Waals surface area contributed by atoms with Gasteiger partial charge in [-0.25, -0.2) is 0 Å². The predicted octanol–water partition coefficient (Wildman–Crippen LogP) is 3.43. The normalized spacial score (nSPS) is 24.2. The van der Waals surface area contributed by atoms with Crippen molar-refractivity contribution in [3.05, 3.63) is 22.4 Å². The van der Waals surface area contributed by atoms with E-state index in [1.54, 1.807) is 11.3 Å². The van der Waals surface area contributed by atoms with Crippen molar-refractivity contribution in [1.29, 1.82) is 0 Å². The molecule has 0 bridgehead atoms. The standard InChI is InChI=1S/C25H40N4O2S/c30-24(27-17-21-12-7-15-32-21)23-18-26-13-14-29(23)25(31)22(16-19-8-3-1-4-9-19)28-20-10-5-2-6-11-20/h7,12,15,19-20,22-23,26,28H,1-6,8-11,13-14,16-18H2,(H,27,30)/t22-,23+/m1/s1. The number of nitrogens with one attached hydrogen (secondary N) is 3. The lowest BCUT2D eigenvalue weighted by Crippen LogP contribution is -2.63. The van der Waals surface area contributed by atoms with E-state index in [1.807, 2.05) is 22.4 Å². The van der Waals surface area contributed by atoms with Crippen molar-refractivity contribution in [3.63, 3.8) is 0 Å². The molecule has 0 spiro atoms. The average molecular weight is 461 g/mol. The van der Waals surface area contributed by atoms with Crippen LogP contribution in [0.25, 0.3) is 0 Å². The molecule has 2 heterocycles. The van der Waals surface area contributed by atoms with E-state index in [1.165, 1.54) is 64.2 Å². The van der Waals surface area contributed by atoms with Crippen LogP contribution in [-0.4, -0.2) is 54.5 Å². The van der Waals surface area contributed by atoms with Crippen molar-refractivity contribution in [2.45, 2.75) is 95.3 Å². The van der Waals surface area contributed by atoms with Crippen molar-refractivity contribution in [2.24, 2.45) is 5.92 Å². The van der Waals surface area contributed by atoms with E-state index in [2.05, 4.69) is 16.0 Å². The Bertz CT molecular complexity index is 694. The first-order valence-electron chi connectivity index (χ1n) is 12.8. The second-order valence-electron chi connectivity index (χ2n) is 9.84. The van der Waals surface area contributed by atoms with Crippen LogP contribution in [0.1, 0.15) is 75.5 Å². The highest BCUT2D eigenvalue weighted by Gasteiger charge is 2.37. The Morgan fingerprint density at radius 1 is 1.09 bits per heavy atom. The van der Waals surface area contributed by atoms with Crippen LogP contribution in [0.2, 0.25) is 0 Å². The van der Waals surface area contributed by atoms with Gasteiger partial charge < -0.3 is 20.9 Å². The zero-order valence-corrected chi connectivity index (χ0v) is 20.1. The van der Waals surface area contributed by atoms with Crippen molar-refractivity contribution >= 4 is 23.2 Å². The summed E-state index contributed by atoms with van der Waals surface area (Å²) in [6.45, 7) is 2.41. The van der Waals surface area contributed by atoms with Crippen LogP contribution >= 0.6 is 11.3 Å². The Balaban J connectivity index is 1.42. The molecule has 4 rings (SSSR count). The van der Waals surface area contributed by atoms with Crippen molar-refractivity contribution < 1.29 is 9.59 Å².